The van der Waals surface area contributed by atoms with Crippen molar-refractivity contribution in [2.75, 3.05) is 6.61 Å². The number of carboxylic acid groups (broad SMARTS) is 1. The Morgan fingerprint density at radius 2 is 2.33 bits per heavy atom. The molecule has 1 atom stereocenters. The zero-order chi connectivity index (χ0) is 15.1. The Kier molecular flexibility index (Phi) is 5.95. The molecule has 1 saturated heterocycles. The standard InChI is InChI=1S/C15H19NO4S/c17-14(8-12-3-1-2-6-20-12)16-9-13-7-11(10-21-13)4-5-15(18)19/h4-5,7,10,12H,1-3,6,8-9H2,(H,16,17)(H,18,19)/b5-4+. The first kappa shape index (κ1) is 15.7. The molecule has 1 aliphatic rings. The van der Waals surface area contributed by atoms with E-state index in [0.717, 1.165) is 42.4 Å². The summed E-state index contributed by atoms with van der Waals surface area (Å²) in [6, 6.07) is 1.88. The second-order valence-corrected chi connectivity index (χ2v) is 5.98. The fourth-order valence-corrected chi connectivity index (χ4v) is 2.97. The Labute approximate surface area is 127 Å². The molecule has 0 aromatic carbocycles. The third-order valence-electron chi connectivity index (χ3n) is 3.24. The van der Waals surface area contributed by atoms with Crippen molar-refractivity contribution in [1.29, 1.82) is 0 Å². The monoisotopic (exact) mass is 309 g/mol. The molecule has 1 aromatic rings. The maximum Gasteiger partial charge on any atom is 0.328 e. The molecule has 0 aliphatic carbocycles. The van der Waals surface area contributed by atoms with Crippen molar-refractivity contribution in [1.82, 2.24) is 5.32 Å². The molecule has 0 bridgehead atoms. The SMILES string of the molecule is O=C(O)/C=C/c1csc(CNC(=O)CC2CCCCO2)c1. The molecule has 1 aliphatic heterocycles. The molecular weight excluding hydrogens is 290 g/mol. The van der Waals surface area contributed by atoms with Crippen LogP contribution in [0.15, 0.2) is 17.5 Å². The lowest BCUT2D eigenvalue weighted by Crippen LogP contribution is -2.29. The lowest BCUT2D eigenvalue weighted by atomic mass is 10.1. The summed E-state index contributed by atoms with van der Waals surface area (Å²) < 4.78 is 5.54. The molecule has 1 unspecified atom stereocenters. The molecule has 114 valence electrons. The third-order valence-corrected chi connectivity index (χ3v) is 4.19. The van der Waals surface area contributed by atoms with Crippen LogP contribution in [0.1, 0.15) is 36.1 Å². The highest BCUT2D eigenvalue weighted by Crippen LogP contribution is 2.17. The van der Waals surface area contributed by atoms with Crippen molar-refractivity contribution in [3.05, 3.63) is 28.0 Å². The van der Waals surface area contributed by atoms with Crippen LogP contribution in [-0.4, -0.2) is 29.7 Å². The minimum Gasteiger partial charge on any atom is -0.478 e. The Balaban J connectivity index is 1.74. The molecule has 1 amide bonds. The van der Waals surface area contributed by atoms with Crippen molar-refractivity contribution in [3.8, 4) is 0 Å². The molecule has 0 radical (unpaired) electrons. The number of carboxylic acids is 1. The van der Waals surface area contributed by atoms with E-state index in [2.05, 4.69) is 5.32 Å². The summed E-state index contributed by atoms with van der Waals surface area (Å²) in [7, 11) is 0. The Bertz CT molecular complexity index is 517. The number of hydrogen-bond acceptors (Lipinski definition) is 4. The molecule has 1 aromatic heterocycles. The molecule has 21 heavy (non-hydrogen) atoms. The molecule has 2 rings (SSSR count). The van der Waals surface area contributed by atoms with Gasteiger partial charge in [0.05, 0.1) is 19.1 Å². The number of carbonyl (C=O) groups excluding carboxylic acids is 1. The van der Waals surface area contributed by atoms with Crippen LogP contribution in [-0.2, 0) is 20.9 Å². The van der Waals surface area contributed by atoms with Crippen molar-refractivity contribution in [3.63, 3.8) is 0 Å². The van der Waals surface area contributed by atoms with E-state index in [1.54, 1.807) is 6.08 Å². The average Bonchev–Trinajstić information content (AvgIpc) is 2.92. The van der Waals surface area contributed by atoms with Gasteiger partial charge in [-0.3, -0.25) is 4.79 Å². The van der Waals surface area contributed by atoms with Crippen LogP contribution in [0.25, 0.3) is 6.08 Å². The average molecular weight is 309 g/mol. The van der Waals surface area contributed by atoms with Gasteiger partial charge < -0.3 is 15.2 Å². The number of carbonyl (C=O) groups is 2. The fraction of sp³-hybridized carbons (Fsp3) is 0.467. The Hall–Kier alpha value is -1.66. The second-order valence-electron chi connectivity index (χ2n) is 4.99. The molecule has 0 saturated carbocycles. The zero-order valence-corrected chi connectivity index (χ0v) is 12.5. The summed E-state index contributed by atoms with van der Waals surface area (Å²) in [5.74, 6) is -0.971. The van der Waals surface area contributed by atoms with Gasteiger partial charge in [-0.05, 0) is 42.3 Å². The maximum atomic E-state index is 11.8. The highest BCUT2D eigenvalue weighted by molar-refractivity contribution is 7.10. The molecule has 6 heteroatoms. The lowest BCUT2D eigenvalue weighted by Gasteiger charge is -2.21. The van der Waals surface area contributed by atoms with Crippen LogP contribution in [0.4, 0.5) is 0 Å². The van der Waals surface area contributed by atoms with E-state index in [0.29, 0.717) is 13.0 Å². The van der Waals surface area contributed by atoms with Gasteiger partial charge in [0, 0.05) is 17.6 Å². The van der Waals surface area contributed by atoms with Gasteiger partial charge in [0.25, 0.3) is 0 Å². The van der Waals surface area contributed by atoms with Gasteiger partial charge in [-0.2, -0.15) is 0 Å². The van der Waals surface area contributed by atoms with E-state index in [4.69, 9.17) is 9.84 Å². The highest BCUT2D eigenvalue weighted by Gasteiger charge is 2.17. The van der Waals surface area contributed by atoms with Gasteiger partial charge in [-0.1, -0.05) is 0 Å². The summed E-state index contributed by atoms with van der Waals surface area (Å²) in [6.07, 6.45) is 6.27. The lowest BCUT2D eigenvalue weighted by molar-refractivity contribution is -0.131. The van der Waals surface area contributed by atoms with Crippen molar-refractivity contribution in [2.24, 2.45) is 0 Å². The summed E-state index contributed by atoms with van der Waals surface area (Å²) in [6.45, 7) is 1.22. The van der Waals surface area contributed by atoms with Gasteiger partial charge in [0.15, 0.2) is 0 Å². The van der Waals surface area contributed by atoms with E-state index in [-0.39, 0.29) is 12.0 Å². The third kappa shape index (κ3) is 5.69. The van der Waals surface area contributed by atoms with Crippen LogP contribution in [0.3, 0.4) is 0 Å². The van der Waals surface area contributed by atoms with Crippen LogP contribution in [0.5, 0.6) is 0 Å². The van der Waals surface area contributed by atoms with E-state index in [1.807, 2.05) is 11.4 Å². The maximum absolute atomic E-state index is 11.8. The number of rotatable bonds is 6. The smallest absolute Gasteiger partial charge is 0.328 e. The number of thiophene rings is 1. The van der Waals surface area contributed by atoms with E-state index < -0.39 is 5.97 Å². The quantitative estimate of drug-likeness (QED) is 0.791. The Morgan fingerprint density at radius 3 is 3.05 bits per heavy atom. The van der Waals surface area contributed by atoms with Gasteiger partial charge in [0.1, 0.15) is 0 Å². The number of hydrogen-bond donors (Lipinski definition) is 2. The van der Waals surface area contributed by atoms with Gasteiger partial charge in [-0.15, -0.1) is 11.3 Å². The minimum atomic E-state index is -0.969. The molecule has 5 nitrogen and oxygen atoms in total. The predicted octanol–water partition coefficient (Wildman–Crippen LogP) is 2.42. The minimum absolute atomic E-state index is 0.00192. The summed E-state index contributed by atoms with van der Waals surface area (Å²) in [4.78, 5) is 23.3. The number of aliphatic carboxylic acids is 1. The van der Waals surface area contributed by atoms with Gasteiger partial charge >= 0.3 is 5.97 Å². The van der Waals surface area contributed by atoms with Crippen LogP contribution in [0.2, 0.25) is 0 Å². The van der Waals surface area contributed by atoms with Crippen molar-refractivity contribution < 1.29 is 19.4 Å². The number of amides is 1. The first-order chi connectivity index (χ1) is 10.1. The fourth-order valence-electron chi connectivity index (χ4n) is 2.18. The van der Waals surface area contributed by atoms with Crippen LogP contribution < -0.4 is 5.32 Å². The van der Waals surface area contributed by atoms with Crippen molar-refractivity contribution in [2.45, 2.75) is 38.3 Å². The van der Waals surface area contributed by atoms with Gasteiger partial charge in [0.2, 0.25) is 5.91 Å². The zero-order valence-electron chi connectivity index (χ0n) is 11.7. The highest BCUT2D eigenvalue weighted by atomic mass is 32.1. The first-order valence-electron chi connectivity index (χ1n) is 7.00. The number of ether oxygens (including phenoxy) is 1. The predicted molar refractivity (Wildman–Crippen MR) is 81.0 cm³/mol. The molecule has 2 heterocycles. The van der Waals surface area contributed by atoms with E-state index in [1.165, 1.54) is 11.3 Å². The van der Waals surface area contributed by atoms with Crippen LogP contribution in [0, 0.1) is 0 Å². The molecule has 2 N–H and O–H groups in total. The molecule has 1 fully saturated rings. The number of nitrogens with one attached hydrogen (secondary N) is 1. The molecular formula is C15H19NO4S. The second kappa shape index (κ2) is 7.95. The topological polar surface area (TPSA) is 75.6 Å². The van der Waals surface area contributed by atoms with Gasteiger partial charge in [-0.25, -0.2) is 4.79 Å². The molecule has 0 spiro atoms. The Morgan fingerprint density at radius 1 is 1.48 bits per heavy atom. The van der Waals surface area contributed by atoms with Crippen molar-refractivity contribution >= 4 is 29.3 Å². The van der Waals surface area contributed by atoms with Crippen LogP contribution >= 0.6 is 11.3 Å². The normalized spacial score (nSPS) is 18.8. The summed E-state index contributed by atoms with van der Waals surface area (Å²) >= 11 is 1.50. The summed E-state index contributed by atoms with van der Waals surface area (Å²) in [5.41, 5.74) is 0.835. The van der Waals surface area contributed by atoms with E-state index in [9.17, 15) is 9.59 Å². The largest absolute Gasteiger partial charge is 0.478 e. The summed E-state index contributed by atoms with van der Waals surface area (Å²) in [5, 5.41) is 13.3. The van der Waals surface area contributed by atoms with E-state index >= 15 is 0 Å². The first-order valence-corrected chi connectivity index (χ1v) is 7.88.